The molecule has 27 heavy (non-hydrogen) atoms. The summed E-state index contributed by atoms with van der Waals surface area (Å²) in [5.74, 6) is -1.26. The van der Waals surface area contributed by atoms with Gasteiger partial charge in [0.2, 0.25) is 5.78 Å². The van der Waals surface area contributed by atoms with Gasteiger partial charge in [-0.2, -0.15) is 5.26 Å². The van der Waals surface area contributed by atoms with E-state index in [4.69, 9.17) is 10.00 Å². The highest BCUT2D eigenvalue weighted by Crippen LogP contribution is 2.25. The largest absolute Gasteiger partial charge is 0.462 e. The van der Waals surface area contributed by atoms with E-state index < -0.39 is 16.7 Å². The third-order valence-electron chi connectivity index (χ3n) is 3.97. The summed E-state index contributed by atoms with van der Waals surface area (Å²) in [6.45, 7) is 1.79. The first-order valence-corrected chi connectivity index (χ1v) is 7.98. The zero-order valence-electron chi connectivity index (χ0n) is 14.2. The monoisotopic (exact) mass is 363 g/mol. The summed E-state index contributed by atoms with van der Waals surface area (Å²) in [7, 11) is 0. The summed E-state index contributed by atoms with van der Waals surface area (Å²) in [5, 5.41) is 20.3. The van der Waals surface area contributed by atoms with Crippen LogP contribution in [0.2, 0.25) is 0 Å². The van der Waals surface area contributed by atoms with Crippen LogP contribution in [0.5, 0.6) is 0 Å². The van der Waals surface area contributed by atoms with E-state index in [-0.39, 0.29) is 29.1 Å². The molecule has 0 spiro atoms. The minimum Gasteiger partial charge on any atom is -0.462 e. The van der Waals surface area contributed by atoms with Gasteiger partial charge < -0.3 is 9.14 Å². The number of para-hydroxylation sites is 1. The molecule has 0 aliphatic carbocycles. The van der Waals surface area contributed by atoms with Crippen molar-refractivity contribution >= 4 is 23.0 Å². The molecule has 3 aromatic rings. The summed E-state index contributed by atoms with van der Waals surface area (Å²) in [4.78, 5) is 35.9. The molecule has 0 aliphatic heterocycles. The topological polar surface area (TPSA) is 115 Å². The van der Waals surface area contributed by atoms with E-state index in [9.17, 15) is 19.7 Å². The van der Waals surface area contributed by atoms with E-state index in [0.29, 0.717) is 11.1 Å². The van der Waals surface area contributed by atoms with Gasteiger partial charge in [0.05, 0.1) is 39.9 Å². The van der Waals surface area contributed by atoms with Crippen molar-refractivity contribution in [2.45, 2.75) is 6.92 Å². The van der Waals surface area contributed by atoms with Crippen LogP contribution in [0, 0.1) is 21.4 Å². The van der Waals surface area contributed by atoms with Crippen LogP contribution in [0.1, 0.15) is 38.9 Å². The third-order valence-corrected chi connectivity index (χ3v) is 3.97. The lowest BCUT2D eigenvalue weighted by Gasteiger charge is -2.04. The molecule has 0 bridgehead atoms. The molecule has 0 atom stereocenters. The van der Waals surface area contributed by atoms with Crippen LogP contribution in [0.3, 0.4) is 0 Å². The Hall–Kier alpha value is -3.99. The molecule has 0 radical (unpaired) electrons. The number of hydrogen-bond donors (Lipinski definition) is 0. The van der Waals surface area contributed by atoms with Gasteiger partial charge in [-0.25, -0.2) is 4.79 Å². The molecule has 8 heteroatoms. The second-order valence-corrected chi connectivity index (χ2v) is 5.55. The molecule has 134 valence electrons. The fourth-order valence-corrected chi connectivity index (χ4v) is 2.78. The van der Waals surface area contributed by atoms with Crippen LogP contribution in [-0.2, 0) is 4.74 Å². The fourth-order valence-electron chi connectivity index (χ4n) is 2.78. The number of nitrogens with zero attached hydrogens (tertiary/aromatic N) is 3. The maximum Gasteiger partial charge on any atom is 0.340 e. The molecule has 0 unspecified atom stereocenters. The van der Waals surface area contributed by atoms with E-state index in [0.717, 1.165) is 0 Å². The molecule has 1 aromatic carbocycles. The lowest BCUT2D eigenvalue weighted by atomic mass is 10.1. The Bertz CT molecular complexity index is 1120. The fraction of sp³-hybridized carbons (Fsp3) is 0.105. The van der Waals surface area contributed by atoms with Crippen molar-refractivity contribution < 1.29 is 19.2 Å². The molecule has 2 aromatic heterocycles. The second kappa shape index (κ2) is 7.09. The highest BCUT2D eigenvalue weighted by atomic mass is 16.6. The molecule has 2 heterocycles. The van der Waals surface area contributed by atoms with Gasteiger partial charge in [-0.05, 0) is 31.2 Å². The number of ketones is 1. The third kappa shape index (κ3) is 3.14. The van der Waals surface area contributed by atoms with Gasteiger partial charge in [0.1, 0.15) is 5.56 Å². The minimum absolute atomic E-state index is 0.0619. The Morgan fingerprint density at radius 1 is 1.22 bits per heavy atom. The van der Waals surface area contributed by atoms with Gasteiger partial charge in [0, 0.05) is 12.3 Å². The Morgan fingerprint density at radius 3 is 2.63 bits per heavy atom. The lowest BCUT2D eigenvalue weighted by molar-refractivity contribution is -0.385. The molecule has 8 nitrogen and oxygen atoms in total. The van der Waals surface area contributed by atoms with Gasteiger partial charge >= 0.3 is 5.97 Å². The van der Waals surface area contributed by atoms with Crippen LogP contribution in [0.15, 0.2) is 48.7 Å². The average Bonchev–Trinajstić information content (AvgIpc) is 3.06. The van der Waals surface area contributed by atoms with Gasteiger partial charge in [0.15, 0.2) is 0 Å². The SMILES string of the molecule is CCOC(=O)c1cc(C(=O)c2ccccc2[N+](=O)[O-])n2ccc(C#N)cc12. The van der Waals surface area contributed by atoms with Crippen molar-refractivity contribution in [2.75, 3.05) is 6.61 Å². The lowest BCUT2D eigenvalue weighted by Crippen LogP contribution is -2.08. The predicted molar refractivity (Wildman–Crippen MR) is 94.6 cm³/mol. The number of carbonyl (C=O) groups is 2. The summed E-state index contributed by atoms with van der Waals surface area (Å²) < 4.78 is 6.44. The number of ether oxygens (including phenoxy) is 1. The number of fused-ring (bicyclic) bond motifs is 1. The number of benzene rings is 1. The predicted octanol–water partition coefficient (Wildman–Crippen LogP) is 3.13. The number of pyridine rings is 1. The van der Waals surface area contributed by atoms with Gasteiger partial charge in [-0.3, -0.25) is 14.9 Å². The van der Waals surface area contributed by atoms with Crippen LogP contribution >= 0.6 is 0 Å². The normalized spacial score (nSPS) is 10.4. The van der Waals surface area contributed by atoms with Crippen LogP contribution < -0.4 is 0 Å². The van der Waals surface area contributed by atoms with E-state index >= 15 is 0 Å². The van der Waals surface area contributed by atoms with Crippen molar-refractivity contribution in [2.24, 2.45) is 0 Å². The first-order valence-electron chi connectivity index (χ1n) is 7.98. The molecular formula is C19H13N3O5. The molecule has 3 rings (SSSR count). The number of rotatable bonds is 5. The Balaban J connectivity index is 2.24. The summed E-state index contributed by atoms with van der Waals surface area (Å²) >= 11 is 0. The highest BCUT2D eigenvalue weighted by Gasteiger charge is 2.26. The first kappa shape index (κ1) is 17.8. The number of carbonyl (C=O) groups excluding carboxylic acids is 2. The Kier molecular flexibility index (Phi) is 4.68. The summed E-state index contributed by atoms with van der Waals surface area (Å²) in [6, 6.07) is 11.8. The molecule has 0 N–H and O–H groups in total. The highest BCUT2D eigenvalue weighted by molar-refractivity contribution is 6.13. The summed E-state index contributed by atoms with van der Waals surface area (Å²) in [5.41, 5.74) is 0.360. The number of nitro benzene ring substituents is 1. The van der Waals surface area contributed by atoms with E-state index in [1.54, 1.807) is 6.92 Å². The molecule has 0 fully saturated rings. The number of nitriles is 1. The zero-order chi connectivity index (χ0) is 19.6. The summed E-state index contributed by atoms with van der Waals surface area (Å²) in [6.07, 6.45) is 1.47. The number of aromatic nitrogens is 1. The minimum atomic E-state index is -0.647. The van der Waals surface area contributed by atoms with Gasteiger partial charge in [0.25, 0.3) is 5.69 Å². The van der Waals surface area contributed by atoms with Crippen molar-refractivity contribution in [1.29, 1.82) is 5.26 Å². The first-order chi connectivity index (χ1) is 13.0. The van der Waals surface area contributed by atoms with Crippen molar-refractivity contribution in [3.05, 3.63) is 81.2 Å². The smallest absolute Gasteiger partial charge is 0.340 e. The van der Waals surface area contributed by atoms with E-state index in [1.165, 1.54) is 53.1 Å². The maximum absolute atomic E-state index is 13.0. The van der Waals surface area contributed by atoms with E-state index in [1.807, 2.05) is 6.07 Å². The van der Waals surface area contributed by atoms with E-state index in [2.05, 4.69) is 0 Å². The van der Waals surface area contributed by atoms with Crippen LogP contribution in [0.25, 0.3) is 5.52 Å². The molecule has 0 saturated heterocycles. The number of hydrogen-bond acceptors (Lipinski definition) is 6. The van der Waals surface area contributed by atoms with Gasteiger partial charge in [-0.1, -0.05) is 12.1 Å². The Morgan fingerprint density at radius 2 is 1.96 bits per heavy atom. The number of esters is 1. The van der Waals surface area contributed by atoms with Crippen LogP contribution in [0.4, 0.5) is 5.69 Å². The van der Waals surface area contributed by atoms with Crippen molar-refractivity contribution in [3.63, 3.8) is 0 Å². The van der Waals surface area contributed by atoms with Crippen LogP contribution in [-0.4, -0.2) is 27.7 Å². The molecule has 0 saturated carbocycles. The van der Waals surface area contributed by atoms with Crippen molar-refractivity contribution in [1.82, 2.24) is 4.40 Å². The quantitative estimate of drug-likeness (QED) is 0.298. The second-order valence-electron chi connectivity index (χ2n) is 5.55. The zero-order valence-corrected chi connectivity index (χ0v) is 14.2. The molecular weight excluding hydrogens is 350 g/mol. The Labute approximate surface area is 153 Å². The molecule has 0 amide bonds. The number of nitro groups is 1. The standard InChI is InChI=1S/C19H13N3O5/c1-2-27-19(24)14-10-17(21-8-7-12(11-20)9-16(14)21)18(23)13-5-3-4-6-15(13)22(25)26/h3-10H,2H2,1H3. The molecule has 0 aliphatic rings. The maximum atomic E-state index is 13.0. The van der Waals surface area contributed by atoms with Gasteiger partial charge in [-0.15, -0.1) is 0 Å². The average molecular weight is 363 g/mol. The van der Waals surface area contributed by atoms with Crippen molar-refractivity contribution in [3.8, 4) is 6.07 Å².